The molecule has 0 spiro atoms. The van der Waals surface area contributed by atoms with Crippen molar-refractivity contribution in [3.63, 3.8) is 0 Å². The number of aromatic nitrogens is 3. The summed E-state index contributed by atoms with van der Waals surface area (Å²) in [6.45, 7) is 6.07. The number of aromatic amines is 1. The van der Waals surface area contributed by atoms with Crippen LogP contribution in [0.3, 0.4) is 0 Å². The zero-order valence-corrected chi connectivity index (χ0v) is 18.4. The van der Waals surface area contributed by atoms with Crippen LogP contribution in [0.5, 0.6) is 0 Å². The van der Waals surface area contributed by atoms with Crippen LogP contribution in [0, 0.1) is 5.82 Å². The average Bonchev–Trinajstić information content (AvgIpc) is 3.22. The Hall–Kier alpha value is -2.14. The molecule has 1 aromatic carbocycles. The number of amidine groups is 1. The molecule has 0 amide bonds. The number of halogens is 2. The largest absolute Gasteiger partial charge is 0.388 e. The van der Waals surface area contributed by atoms with Crippen LogP contribution in [0.2, 0.25) is 0 Å². The zero-order valence-electron chi connectivity index (χ0n) is 16.8. The second-order valence-electron chi connectivity index (χ2n) is 7.99. The lowest BCUT2D eigenvalue weighted by Gasteiger charge is -2.39. The molecule has 0 radical (unpaired) electrons. The van der Waals surface area contributed by atoms with Crippen LogP contribution in [0.15, 0.2) is 45.8 Å². The minimum atomic E-state index is -0.916. The van der Waals surface area contributed by atoms with Crippen LogP contribution in [-0.2, 0) is 4.74 Å². The Balaban J connectivity index is 1.59. The number of benzene rings is 1. The highest BCUT2D eigenvalue weighted by Crippen LogP contribution is 2.31. The van der Waals surface area contributed by atoms with E-state index < -0.39 is 5.60 Å². The molecular weight excluding hydrogens is 455 g/mol. The van der Waals surface area contributed by atoms with Crippen molar-refractivity contribution in [2.75, 3.05) is 26.2 Å². The van der Waals surface area contributed by atoms with Gasteiger partial charge in [0.15, 0.2) is 11.7 Å². The summed E-state index contributed by atoms with van der Waals surface area (Å²) in [6.07, 6.45) is 3.18. The van der Waals surface area contributed by atoms with Crippen LogP contribution in [0.1, 0.15) is 31.3 Å². The molecule has 4 rings (SSSR count). The summed E-state index contributed by atoms with van der Waals surface area (Å²) in [5.41, 5.74) is 0.874. The second-order valence-corrected chi connectivity index (χ2v) is 8.84. The lowest BCUT2D eigenvalue weighted by molar-refractivity contribution is -0.126. The van der Waals surface area contributed by atoms with E-state index in [-0.39, 0.29) is 18.0 Å². The molecule has 160 valence electrons. The van der Waals surface area contributed by atoms with E-state index in [1.165, 1.54) is 18.5 Å². The van der Waals surface area contributed by atoms with Gasteiger partial charge in [-0.2, -0.15) is 5.10 Å². The van der Waals surface area contributed by atoms with Gasteiger partial charge in [-0.1, -0.05) is 22.0 Å². The molecule has 0 bridgehead atoms. The molecule has 0 aliphatic carbocycles. The molecular formula is C20H24BrFN6O2. The standard InChI is InChI=1S/C20H24BrFN6O2/c1-20(2,29)17-10-28(5-6-30-17)9-13-8-16(14-4-3-12(22)7-15(14)21)26-19(25-13)18-23-11-24-27-18/h3-4,7-8,11,16-17,29H,5-6,9-10H2,1-2H3,(H,25,26)(H,23,24,27)/t16?,17-/m0/s1. The van der Waals surface area contributed by atoms with Gasteiger partial charge in [0.25, 0.3) is 0 Å². The van der Waals surface area contributed by atoms with Gasteiger partial charge >= 0.3 is 0 Å². The summed E-state index contributed by atoms with van der Waals surface area (Å²) in [6, 6.07) is 4.27. The summed E-state index contributed by atoms with van der Waals surface area (Å²) < 4.78 is 20.0. The van der Waals surface area contributed by atoms with Crippen LogP contribution in [0.4, 0.5) is 4.39 Å². The third-order valence-corrected chi connectivity index (χ3v) is 5.85. The quantitative estimate of drug-likeness (QED) is 0.608. The fourth-order valence-electron chi connectivity index (χ4n) is 3.54. The van der Waals surface area contributed by atoms with Gasteiger partial charge in [-0.3, -0.25) is 15.0 Å². The Morgan fingerprint density at radius 2 is 2.23 bits per heavy atom. The molecule has 2 aromatic rings. The van der Waals surface area contributed by atoms with Crippen molar-refractivity contribution in [1.82, 2.24) is 25.4 Å². The van der Waals surface area contributed by atoms with Crippen molar-refractivity contribution in [2.24, 2.45) is 4.99 Å². The lowest BCUT2D eigenvalue weighted by atomic mass is 10.00. The summed E-state index contributed by atoms with van der Waals surface area (Å²) >= 11 is 3.45. The SMILES string of the molecule is CC(C)(O)[C@@H]1CN(CC2=CC(c3ccc(F)cc3Br)N=C(c3ncn[nH]3)N2)CCO1. The Bertz CT molecular complexity index is 957. The van der Waals surface area contributed by atoms with Gasteiger partial charge in [0, 0.05) is 29.8 Å². The third kappa shape index (κ3) is 4.77. The van der Waals surface area contributed by atoms with Gasteiger partial charge in [-0.05, 0) is 37.6 Å². The van der Waals surface area contributed by atoms with Gasteiger partial charge in [0.2, 0.25) is 0 Å². The highest BCUT2D eigenvalue weighted by atomic mass is 79.9. The van der Waals surface area contributed by atoms with Gasteiger partial charge in [-0.25, -0.2) is 9.37 Å². The fourth-order valence-corrected chi connectivity index (χ4v) is 4.13. The predicted octanol–water partition coefficient (Wildman–Crippen LogP) is 2.15. The average molecular weight is 479 g/mol. The molecule has 1 saturated heterocycles. The van der Waals surface area contributed by atoms with Crippen LogP contribution in [-0.4, -0.2) is 69.0 Å². The monoisotopic (exact) mass is 478 g/mol. The Labute approximate surface area is 182 Å². The van der Waals surface area contributed by atoms with Crippen molar-refractivity contribution in [3.8, 4) is 0 Å². The molecule has 3 heterocycles. The van der Waals surface area contributed by atoms with Gasteiger partial charge in [0.05, 0.1) is 24.4 Å². The van der Waals surface area contributed by atoms with E-state index in [1.807, 2.05) is 6.08 Å². The van der Waals surface area contributed by atoms with Gasteiger partial charge in [0.1, 0.15) is 12.1 Å². The smallest absolute Gasteiger partial charge is 0.191 e. The number of ether oxygens (including phenoxy) is 1. The summed E-state index contributed by atoms with van der Waals surface area (Å²) in [4.78, 5) is 11.2. The molecule has 0 saturated carbocycles. The molecule has 1 aromatic heterocycles. The number of hydrogen-bond acceptors (Lipinski definition) is 7. The Morgan fingerprint density at radius 3 is 2.93 bits per heavy atom. The molecule has 2 atom stereocenters. The first kappa shape index (κ1) is 21.1. The number of rotatable bonds is 5. The second kappa shape index (κ2) is 8.54. The number of morpholine rings is 1. The van der Waals surface area contributed by atoms with Crippen molar-refractivity contribution in [2.45, 2.75) is 31.6 Å². The van der Waals surface area contributed by atoms with Crippen LogP contribution >= 0.6 is 15.9 Å². The molecule has 2 aliphatic heterocycles. The highest BCUT2D eigenvalue weighted by molar-refractivity contribution is 9.10. The maximum atomic E-state index is 13.6. The Kier molecular flexibility index (Phi) is 6.01. The topological polar surface area (TPSA) is 98.7 Å². The van der Waals surface area contributed by atoms with E-state index in [0.717, 1.165) is 17.8 Å². The maximum Gasteiger partial charge on any atom is 0.191 e. The molecule has 30 heavy (non-hydrogen) atoms. The molecule has 10 heteroatoms. The first-order chi connectivity index (χ1) is 14.3. The normalized spacial score (nSPS) is 23.0. The predicted molar refractivity (Wildman–Crippen MR) is 113 cm³/mol. The molecule has 2 aliphatic rings. The van der Waals surface area contributed by atoms with E-state index in [0.29, 0.717) is 35.8 Å². The van der Waals surface area contributed by atoms with Crippen molar-refractivity contribution < 1.29 is 14.2 Å². The number of aliphatic imine (C=N–C) groups is 1. The van der Waals surface area contributed by atoms with Crippen molar-refractivity contribution in [3.05, 3.63) is 58.0 Å². The number of H-pyrrole nitrogens is 1. The first-order valence-corrected chi connectivity index (χ1v) is 10.5. The number of nitrogens with zero attached hydrogens (tertiary/aromatic N) is 4. The van der Waals surface area contributed by atoms with Crippen molar-refractivity contribution in [1.29, 1.82) is 0 Å². The van der Waals surface area contributed by atoms with E-state index in [1.54, 1.807) is 19.9 Å². The molecule has 3 N–H and O–H groups in total. The van der Waals surface area contributed by atoms with Gasteiger partial charge in [-0.15, -0.1) is 0 Å². The maximum absolute atomic E-state index is 13.6. The van der Waals surface area contributed by atoms with E-state index in [4.69, 9.17) is 9.73 Å². The molecule has 1 fully saturated rings. The zero-order chi connectivity index (χ0) is 21.3. The summed E-state index contributed by atoms with van der Waals surface area (Å²) in [5, 5.41) is 20.4. The number of hydrogen-bond donors (Lipinski definition) is 3. The number of nitrogens with one attached hydrogen (secondary N) is 2. The first-order valence-electron chi connectivity index (χ1n) is 9.72. The van der Waals surface area contributed by atoms with Crippen LogP contribution in [0.25, 0.3) is 0 Å². The summed E-state index contributed by atoms with van der Waals surface area (Å²) in [5.74, 6) is 0.785. The van der Waals surface area contributed by atoms with Crippen LogP contribution < -0.4 is 5.32 Å². The lowest BCUT2D eigenvalue weighted by Crippen LogP contribution is -2.52. The highest BCUT2D eigenvalue weighted by Gasteiger charge is 2.33. The minimum Gasteiger partial charge on any atom is -0.388 e. The third-order valence-electron chi connectivity index (χ3n) is 5.16. The minimum absolute atomic E-state index is 0.264. The van der Waals surface area contributed by atoms with E-state index in [2.05, 4.69) is 41.3 Å². The summed E-state index contributed by atoms with van der Waals surface area (Å²) in [7, 11) is 0. The fraction of sp³-hybridized carbons (Fsp3) is 0.450. The van der Waals surface area contributed by atoms with E-state index >= 15 is 0 Å². The van der Waals surface area contributed by atoms with E-state index in [9.17, 15) is 9.50 Å². The molecule has 8 nitrogen and oxygen atoms in total. The Morgan fingerprint density at radius 1 is 1.40 bits per heavy atom. The van der Waals surface area contributed by atoms with Crippen molar-refractivity contribution >= 4 is 21.8 Å². The van der Waals surface area contributed by atoms with Gasteiger partial charge < -0.3 is 15.2 Å². The number of aliphatic hydroxyl groups is 1. The molecule has 1 unspecified atom stereocenters.